The van der Waals surface area contributed by atoms with Gasteiger partial charge in [0, 0.05) is 25.8 Å². The van der Waals surface area contributed by atoms with E-state index in [2.05, 4.69) is 5.32 Å². The van der Waals surface area contributed by atoms with E-state index < -0.39 is 15.9 Å². The van der Waals surface area contributed by atoms with Crippen LogP contribution in [0, 0.1) is 0 Å². The number of methoxy groups -OCH3 is 1. The molecule has 1 saturated heterocycles. The largest absolute Gasteiger partial charge is 0.466 e. The maximum Gasteiger partial charge on any atom is 0.266 e. The summed E-state index contributed by atoms with van der Waals surface area (Å²) in [5.41, 5.74) is 1.20. The molecule has 198 valence electrons. The number of amides is 2. The number of benzene rings is 3. The molecule has 38 heavy (non-hydrogen) atoms. The monoisotopic (exact) mass is 608 g/mol. The van der Waals surface area contributed by atoms with E-state index in [1.54, 1.807) is 54.5 Å². The number of nitrogens with one attached hydrogen (secondary N) is 1. The number of ether oxygens (including phenoxy) is 2. The number of thiocarbonyl (C=S) groups is 1. The van der Waals surface area contributed by atoms with Crippen LogP contribution in [0.3, 0.4) is 0 Å². The molecule has 0 aromatic heterocycles. The summed E-state index contributed by atoms with van der Waals surface area (Å²) in [6.45, 7) is 1.06. The minimum absolute atomic E-state index is 0.135. The van der Waals surface area contributed by atoms with Crippen LogP contribution in [-0.2, 0) is 9.53 Å². The van der Waals surface area contributed by atoms with Crippen LogP contribution >= 0.6 is 58.8 Å². The van der Waals surface area contributed by atoms with Crippen LogP contribution in [0.25, 0.3) is 16.8 Å². The summed E-state index contributed by atoms with van der Waals surface area (Å²) in [4.78, 5) is 27.9. The lowest BCUT2D eigenvalue weighted by Gasteiger charge is -2.26. The molecule has 4 rings (SSSR count). The van der Waals surface area contributed by atoms with Gasteiger partial charge in [-0.15, -0.1) is 0 Å². The average molecular weight is 610 g/mol. The molecule has 0 radical (unpaired) electrons. The van der Waals surface area contributed by atoms with Crippen LogP contribution in [0.15, 0.2) is 71.6 Å². The van der Waals surface area contributed by atoms with Crippen molar-refractivity contribution in [3.05, 3.63) is 82.8 Å². The number of hydrogen-bond acceptors (Lipinski definition) is 6. The molecule has 1 atom stereocenters. The zero-order chi connectivity index (χ0) is 27.3. The highest BCUT2D eigenvalue weighted by atomic mass is 35.6. The van der Waals surface area contributed by atoms with Crippen LogP contribution < -0.4 is 10.1 Å². The quantitative estimate of drug-likeness (QED) is 0.0972. The van der Waals surface area contributed by atoms with Gasteiger partial charge in [-0.3, -0.25) is 14.5 Å². The Labute approximate surface area is 245 Å². The molecule has 11 heteroatoms. The van der Waals surface area contributed by atoms with Crippen molar-refractivity contribution in [2.75, 3.05) is 20.3 Å². The molecule has 2 amide bonds. The topological polar surface area (TPSA) is 67.9 Å². The van der Waals surface area contributed by atoms with Crippen LogP contribution in [0.4, 0.5) is 0 Å². The van der Waals surface area contributed by atoms with E-state index in [0.717, 1.165) is 16.3 Å². The second kappa shape index (κ2) is 12.7. The Bertz CT molecular complexity index is 1370. The lowest BCUT2D eigenvalue weighted by molar-refractivity contribution is -0.122. The van der Waals surface area contributed by atoms with Crippen molar-refractivity contribution in [3.63, 3.8) is 0 Å². The second-order valence-electron chi connectivity index (χ2n) is 8.29. The number of fused-ring (bicyclic) bond motifs is 1. The molecule has 1 heterocycles. The van der Waals surface area contributed by atoms with E-state index in [1.807, 2.05) is 30.3 Å². The molecule has 0 bridgehead atoms. The van der Waals surface area contributed by atoms with Gasteiger partial charge in [0.1, 0.15) is 10.1 Å². The molecule has 1 fully saturated rings. The molecule has 3 aromatic carbocycles. The van der Waals surface area contributed by atoms with Crippen molar-refractivity contribution in [1.82, 2.24) is 10.2 Å². The molecular formula is C27H23Cl3N2O4S2. The maximum atomic E-state index is 13.1. The predicted molar refractivity (Wildman–Crippen MR) is 159 cm³/mol. The highest BCUT2D eigenvalue weighted by molar-refractivity contribution is 8.26. The Morgan fingerprint density at radius 2 is 1.82 bits per heavy atom. The van der Waals surface area contributed by atoms with Gasteiger partial charge in [0.2, 0.25) is 10.0 Å². The van der Waals surface area contributed by atoms with Gasteiger partial charge in [-0.05, 0) is 47.0 Å². The molecule has 3 aromatic rings. The third kappa shape index (κ3) is 7.00. The molecule has 1 unspecified atom stereocenters. The van der Waals surface area contributed by atoms with Gasteiger partial charge >= 0.3 is 0 Å². The number of thioether (sulfide) groups is 1. The number of carbonyl (C=O) groups is 2. The second-order valence-corrected chi connectivity index (χ2v) is 12.3. The third-order valence-corrected chi connectivity index (χ3v) is 7.60. The fourth-order valence-electron chi connectivity index (χ4n) is 3.79. The molecule has 0 saturated carbocycles. The first kappa shape index (κ1) is 28.7. The summed E-state index contributed by atoms with van der Waals surface area (Å²) < 4.78 is 9.48. The Morgan fingerprint density at radius 1 is 1.11 bits per heavy atom. The molecule has 1 aliphatic heterocycles. The number of hydrogen-bond donors (Lipinski definition) is 1. The first-order valence-corrected chi connectivity index (χ1v) is 13.9. The van der Waals surface area contributed by atoms with E-state index in [-0.39, 0.29) is 5.91 Å². The molecule has 0 aliphatic carbocycles. The fourth-order valence-corrected chi connectivity index (χ4v) is 5.39. The van der Waals surface area contributed by atoms with Gasteiger partial charge in [-0.2, -0.15) is 0 Å². The van der Waals surface area contributed by atoms with Gasteiger partial charge in [-0.25, -0.2) is 0 Å². The van der Waals surface area contributed by atoms with E-state index in [0.29, 0.717) is 40.1 Å². The Kier molecular flexibility index (Phi) is 9.57. The van der Waals surface area contributed by atoms with Gasteiger partial charge in [0.15, 0.2) is 0 Å². The first-order chi connectivity index (χ1) is 18.2. The summed E-state index contributed by atoms with van der Waals surface area (Å²) in [5.74, 6) is -0.213. The van der Waals surface area contributed by atoms with Crippen molar-refractivity contribution >= 4 is 91.8 Å². The van der Waals surface area contributed by atoms with Gasteiger partial charge in [-0.1, -0.05) is 107 Å². The number of nitrogens with zero attached hydrogens (tertiary/aromatic N) is 1. The van der Waals surface area contributed by atoms with Crippen LogP contribution in [0.1, 0.15) is 22.3 Å². The lowest BCUT2D eigenvalue weighted by Crippen LogP contribution is -2.47. The molecule has 6 nitrogen and oxygen atoms in total. The summed E-state index contributed by atoms with van der Waals surface area (Å²) in [7, 11) is 1.62. The molecule has 0 spiro atoms. The fraction of sp³-hybridized carbons (Fsp3) is 0.222. The number of carbonyl (C=O) groups excluding carboxylic acids is 2. The Morgan fingerprint density at radius 3 is 2.53 bits per heavy atom. The summed E-state index contributed by atoms with van der Waals surface area (Å²) in [5, 5.41) is 4.36. The summed E-state index contributed by atoms with van der Waals surface area (Å²) in [6, 6.07) is 19.7. The highest BCUT2D eigenvalue weighted by Crippen LogP contribution is 2.34. The van der Waals surface area contributed by atoms with E-state index in [1.165, 1.54) is 11.8 Å². The van der Waals surface area contributed by atoms with Crippen LogP contribution in [0.5, 0.6) is 5.75 Å². The standard InChI is InChI=1S/C27H23Cl3N2O4S2/c1-35-15-5-14-32-24(34)22(38-26(32)37)16-17-10-12-19(13-11-17)36-25(27(28,29)30)31-23(33)21-9-4-7-18-6-2-3-8-20(18)21/h2-4,6-13,16,25H,5,14-15H2,1H3,(H,31,33). The van der Waals surface area contributed by atoms with Crippen molar-refractivity contribution in [2.45, 2.75) is 16.4 Å². The van der Waals surface area contributed by atoms with Gasteiger partial charge in [0.05, 0.1) is 4.91 Å². The van der Waals surface area contributed by atoms with Gasteiger partial charge in [0.25, 0.3) is 11.8 Å². The van der Waals surface area contributed by atoms with E-state index >= 15 is 0 Å². The van der Waals surface area contributed by atoms with Crippen molar-refractivity contribution < 1.29 is 19.1 Å². The van der Waals surface area contributed by atoms with Crippen molar-refractivity contribution in [2.24, 2.45) is 0 Å². The molecule has 1 aliphatic rings. The van der Waals surface area contributed by atoms with Crippen molar-refractivity contribution in [3.8, 4) is 5.75 Å². The van der Waals surface area contributed by atoms with Gasteiger partial charge < -0.3 is 14.8 Å². The zero-order valence-corrected chi connectivity index (χ0v) is 24.1. The SMILES string of the molecule is COCCCN1C(=O)C(=Cc2ccc(OC(NC(=O)c3cccc4ccccc34)C(Cl)(Cl)Cl)cc2)SC1=S. The summed E-state index contributed by atoms with van der Waals surface area (Å²) >= 11 is 25.1. The number of alkyl halides is 3. The minimum atomic E-state index is -1.95. The number of rotatable bonds is 9. The highest BCUT2D eigenvalue weighted by Gasteiger charge is 2.37. The van der Waals surface area contributed by atoms with Crippen LogP contribution in [0.2, 0.25) is 0 Å². The zero-order valence-electron chi connectivity index (χ0n) is 20.2. The predicted octanol–water partition coefficient (Wildman–Crippen LogP) is 6.58. The van der Waals surface area contributed by atoms with Crippen molar-refractivity contribution in [1.29, 1.82) is 0 Å². The average Bonchev–Trinajstić information content (AvgIpc) is 3.15. The Balaban J connectivity index is 1.46. The van der Waals surface area contributed by atoms with Crippen LogP contribution in [-0.4, -0.2) is 51.3 Å². The molecule has 1 N–H and O–H groups in total. The lowest BCUT2D eigenvalue weighted by atomic mass is 10.0. The van der Waals surface area contributed by atoms with E-state index in [9.17, 15) is 9.59 Å². The molecular weight excluding hydrogens is 587 g/mol. The normalized spacial score (nSPS) is 15.8. The third-order valence-electron chi connectivity index (χ3n) is 5.63. The minimum Gasteiger partial charge on any atom is -0.466 e. The smallest absolute Gasteiger partial charge is 0.266 e. The Hall–Kier alpha value is -2.33. The summed E-state index contributed by atoms with van der Waals surface area (Å²) in [6.07, 6.45) is 1.19. The van der Waals surface area contributed by atoms with E-state index in [4.69, 9.17) is 56.5 Å². The number of halogens is 3. The first-order valence-electron chi connectivity index (χ1n) is 11.5. The maximum absolute atomic E-state index is 13.1.